The fourth-order valence-corrected chi connectivity index (χ4v) is 3.82. The van der Waals surface area contributed by atoms with Crippen LogP contribution in [0.3, 0.4) is 0 Å². The minimum absolute atomic E-state index is 0.000575. The van der Waals surface area contributed by atoms with Gasteiger partial charge in [-0.3, -0.25) is 10.1 Å². The van der Waals surface area contributed by atoms with Crippen molar-refractivity contribution >= 4 is 66.8 Å². The number of halogens is 2. The molecule has 27 heavy (non-hydrogen) atoms. The maximum Gasteiger partial charge on any atom is 0.337 e. The molecule has 2 aromatic carbocycles. The van der Waals surface area contributed by atoms with Crippen molar-refractivity contribution in [1.29, 1.82) is 0 Å². The first-order chi connectivity index (χ1) is 12.7. The fraction of sp³-hybridized carbons (Fsp3) is 0.167. The summed E-state index contributed by atoms with van der Waals surface area (Å²) in [5.74, 6) is -0.983. The molecule has 0 aromatic heterocycles. The van der Waals surface area contributed by atoms with Gasteiger partial charge in [-0.2, -0.15) is 0 Å². The number of rotatable bonds is 5. The summed E-state index contributed by atoms with van der Waals surface area (Å²) in [4.78, 5) is 23.5. The van der Waals surface area contributed by atoms with Crippen molar-refractivity contribution in [1.82, 2.24) is 5.32 Å². The van der Waals surface area contributed by atoms with Crippen LogP contribution in [0.5, 0.6) is 5.75 Å². The molecule has 1 amide bonds. The van der Waals surface area contributed by atoms with Crippen LogP contribution < -0.4 is 15.4 Å². The van der Waals surface area contributed by atoms with Gasteiger partial charge in [0.1, 0.15) is 5.75 Å². The van der Waals surface area contributed by atoms with Crippen LogP contribution in [0.2, 0.25) is 0 Å². The van der Waals surface area contributed by atoms with E-state index in [0.717, 1.165) is 11.1 Å². The van der Waals surface area contributed by atoms with E-state index in [1.54, 1.807) is 12.1 Å². The summed E-state index contributed by atoms with van der Waals surface area (Å²) < 4.78 is 6.57. The van der Waals surface area contributed by atoms with Gasteiger partial charge in [-0.25, -0.2) is 4.79 Å². The number of carboxylic acids is 1. The van der Waals surface area contributed by atoms with E-state index in [-0.39, 0.29) is 23.0 Å². The first-order valence-electron chi connectivity index (χ1n) is 7.70. The van der Waals surface area contributed by atoms with E-state index in [1.165, 1.54) is 6.07 Å². The number of aromatic carboxylic acids is 1. The summed E-state index contributed by atoms with van der Waals surface area (Å²) in [5.41, 5.74) is 2.27. The molecule has 2 aromatic rings. The number of nitrogens with one attached hydrogen (secondary N) is 2. The molecule has 3 N–H and O–H groups in total. The number of aryl methyl sites for hydroxylation is 2. The minimum Gasteiger partial charge on any atom is -0.483 e. The third-order valence-electron chi connectivity index (χ3n) is 3.47. The van der Waals surface area contributed by atoms with Crippen LogP contribution in [-0.2, 0) is 4.79 Å². The average molecular weight is 516 g/mol. The molecule has 2 rings (SSSR count). The van der Waals surface area contributed by atoms with Crippen LogP contribution in [0, 0.1) is 13.8 Å². The second-order valence-electron chi connectivity index (χ2n) is 5.68. The predicted octanol–water partition coefficient (Wildman–Crippen LogP) is 4.42. The zero-order valence-electron chi connectivity index (χ0n) is 14.4. The van der Waals surface area contributed by atoms with Gasteiger partial charge < -0.3 is 15.2 Å². The quantitative estimate of drug-likeness (QED) is 0.511. The van der Waals surface area contributed by atoms with Crippen molar-refractivity contribution in [3.05, 3.63) is 56.0 Å². The highest BCUT2D eigenvalue weighted by molar-refractivity contribution is 9.11. The highest BCUT2D eigenvalue weighted by Gasteiger charge is 2.17. The summed E-state index contributed by atoms with van der Waals surface area (Å²) in [6, 6.07) is 8.75. The van der Waals surface area contributed by atoms with Gasteiger partial charge >= 0.3 is 5.97 Å². The molecule has 0 saturated carbocycles. The van der Waals surface area contributed by atoms with Gasteiger partial charge in [0, 0.05) is 8.95 Å². The number of ether oxygens (including phenoxy) is 1. The van der Waals surface area contributed by atoms with E-state index in [0.29, 0.717) is 14.7 Å². The summed E-state index contributed by atoms with van der Waals surface area (Å²) in [5, 5.41) is 14.5. The molecule has 0 bridgehead atoms. The molecule has 0 saturated heterocycles. The van der Waals surface area contributed by atoms with Crippen molar-refractivity contribution in [2.24, 2.45) is 0 Å². The Balaban J connectivity index is 1.99. The third-order valence-corrected chi connectivity index (χ3v) is 4.75. The zero-order valence-corrected chi connectivity index (χ0v) is 18.4. The summed E-state index contributed by atoms with van der Waals surface area (Å²) in [6.45, 7) is 3.64. The van der Waals surface area contributed by atoms with Crippen LogP contribution >= 0.6 is 44.1 Å². The second kappa shape index (κ2) is 9.29. The van der Waals surface area contributed by atoms with Crippen molar-refractivity contribution < 1.29 is 19.4 Å². The molecule has 0 spiro atoms. The molecule has 6 nitrogen and oxygen atoms in total. The van der Waals surface area contributed by atoms with E-state index in [9.17, 15) is 14.7 Å². The monoisotopic (exact) mass is 514 g/mol. The van der Waals surface area contributed by atoms with Crippen molar-refractivity contribution in [3.63, 3.8) is 0 Å². The molecule has 0 aliphatic carbocycles. The SMILES string of the molecule is Cc1ccc(OCC(=O)NC(=S)Nc2c(Br)cc(Br)cc2C(=O)O)c(C)c1. The smallest absolute Gasteiger partial charge is 0.337 e. The molecule has 0 radical (unpaired) electrons. The van der Waals surface area contributed by atoms with Gasteiger partial charge in [0.15, 0.2) is 11.7 Å². The van der Waals surface area contributed by atoms with Crippen molar-refractivity contribution in [2.45, 2.75) is 13.8 Å². The van der Waals surface area contributed by atoms with Crippen molar-refractivity contribution in [2.75, 3.05) is 11.9 Å². The van der Waals surface area contributed by atoms with E-state index >= 15 is 0 Å². The fourth-order valence-electron chi connectivity index (χ4n) is 2.28. The Morgan fingerprint density at radius 1 is 1.19 bits per heavy atom. The Kier molecular flexibility index (Phi) is 7.34. The van der Waals surface area contributed by atoms with Gasteiger partial charge in [-0.15, -0.1) is 0 Å². The van der Waals surface area contributed by atoms with E-state index in [1.807, 2.05) is 26.0 Å². The summed E-state index contributed by atoms with van der Waals surface area (Å²) in [6.07, 6.45) is 0. The Hall–Kier alpha value is -1.97. The molecule has 142 valence electrons. The first-order valence-corrected chi connectivity index (χ1v) is 9.70. The van der Waals surface area contributed by atoms with Crippen LogP contribution in [0.1, 0.15) is 21.5 Å². The molecule has 0 fully saturated rings. The number of anilines is 1. The summed E-state index contributed by atoms with van der Waals surface area (Å²) >= 11 is 11.6. The number of amides is 1. The zero-order chi connectivity index (χ0) is 20.1. The number of hydrogen-bond acceptors (Lipinski definition) is 4. The van der Waals surface area contributed by atoms with Crippen LogP contribution in [-0.4, -0.2) is 28.7 Å². The standard InChI is InChI=1S/C18H16Br2N2O4S/c1-9-3-4-14(10(2)5-9)26-8-15(23)21-18(27)22-16-12(17(24)25)6-11(19)7-13(16)20/h3-7H,8H2,1-2H3,(H,24,25)(H2,21,22,23,27). The normalized spacial score (nSPS) is 10.2. The molecule has 0 atom stereocenters. The number of carbonyl (C=O) groups excluding carboxylic acids is 1. The lowest BCUT2D eigenvalue weighted by atomic mass is 10.1. The van der Waals surface area contributed by atoms with Crippen LogP contribution in [0.15, 0.2) is 39.3 Å². The Labute approximate surface area is 178 Å². The van der Waals surface area contributed by atoms with Gasteiger partial charge in [-0.05, 0) is 65.8 Å². The lowest BCUT2D eigenvalue weighted by Crippen LogP contribution is -2.37. The largest absolute Gasteiger partial charge is 0.483 e. The van der Waals surface area contributed by atoms with E-state index in [2.05, 4.69) is 42.5 Å². The molecule has 9 heteroatoms. The number of hydrogen-bond donors (Lipinski definition) is 3. The molecule has 0 aliphatic heterocycles. The van der Waals surface area contributed by atoms with Crippen LogP contribution in [0.4, 0.5) is 5.69 Å². The van der Waals surface area contributed by atoms with Gasteiger partial charge in [0.05, 0.1) is 11.3 Å². The maximum atomic E-state index is 12.1. The number of carbonyl (C=O) groups is 2. The molecular weight excluding hydrogens is 500 g/mol. The Bertz CT molecular complexity index is 918. The Morgan fingerprint density at radius 2 is 1.89 bits per heavy atom. The Morgan fingerprint density at radius 3 is 2.52 bits per heavy atom. The lowest BCUT2D eigenvalue weighted by Gasteiger charge is -2.14. The third kappa shape index (κ3) is 6.02. The highest BCUT2D eigenvalue weighted by atomic mass is 79.9. The molecule has 0 aliphatic rings. The van der Waals surface area contributed by atoms with Gasteiger partial charge in [-0.1, -0.05) is 33.6 Å². The van der Waals surface area contributed by atoms with E-state index < -0.39 is 11.9 Å². The van der Waals surface area contributed by atoms with Gasteiger partial charge in [0.2, 0.25) is 0 Å². The average Bonchev–Trinajstić information content (AvgIpc) is 2.56. The minimum atomic E-state index is -1.13. The van der Waals surface area contributed by atoms with Crippen LogP contribution in [0.25, 0.3) is 0 Å². The number of benzene rings is 2. The topological polar surface area (TPSA) is 87.7 Å². The second-order valence-corrected chi connectivity index (χ2v) is 7.85. The first kappa shape index (κ1) is 21.3. The lowest BCUT2D eigenvalue weighted by molar-refractivity contribution is -0.121. The van der Waals surface area contributed by atoms with Crippen molar-refractivity contribution in [3.8, 4) is 5.75 Å². The maximum absolute atomic E-state index is 12.1. The predicted molar refractivity (Wildman–Crippen MR) is 115 cm³/mol. The van der Waals surface area contributed by atoms with E-state index in [4.69, 9.17) is 17.0 Å². The molecule has 0 unspecified atom stereocenters. The molecular formula is C18H16Br2N2O4S. The number of carboxylic acid groups (broad SMARTS) is 1. The highest BCUT2D eigenvalue weighted by Crippen LogP contribution is 2.30. The number of thiocarbonyl (C=S) groups is 1. The molecule has 0 heterocycles. The van der Waals surface area contributed by atoms with Gasteiger partial charge in [0.25, 0.3) is 5.91 Å². The summed E-state index contributed by atoms with van der Waals surface area (Å²) in [7, 11) is 0.